The minimum absolute atomic E-state index is 0.0502. The molecule has 0 aromatic carbocycles. The summed E-state index contributed by atoms with van der Waals surface area (Å²) in [6.45, 7) is 3.28. The molecule has 0 saturated carbocycles. The van der Waals surface area contributed by atoms with Crippen molar-refractivity contribution in [3.05, 3.63) is 0 Å². The van der Waals surface area contributed by atoms with E-state index in [9.17, 15) is 9.59 Å². The van der Waals surface area contributed by atoms with Gasteiger partial charge in [0.15, 0.2) is 0 Å². The fourth-order valence-electron chi connectivity index (χ4n) is 1.76. The Hall–Kier alpha value is -1.30. The number of ether oxygens (including phenoxy) is 1. The minimum Gasteiger partial charge on any atom is -0.465 e. The molecule has 1 amide bonds. The molecule has 2 N–H and O–H groups in total. The Labute approximate surface area is 94.6 Å². The third-order valence-electron chi connectivity index (χ3n) is 2.53. The molecule has 0 spiro atoms. The Morgan fingerprint density at radius 1 is 1.56 bits per heavy atom. The average Bonchev–Trinajstić information content (AvgIpc) is 2.27. The third-order valence-corrected chi connectivity index (χ3v) is 2.53. The lowest BCUT2D eigenvalue weighted by Gasteiger charge is -2.31. The zero-order valence-corrected chi connectivity index (χ0v) is 9.44. The third kappa shape index (κ3) is 4.06. The number of hydrogen-bond acceptors (Lipinski definition) is 4. The molecule has 1 fully saturated rings. The van der Waals surface area contributed by atoms with E-state index in [2.05, 4.69) is 5.32 Å². The molecule has 1 heterocycles. The number of carbonyl (C=O) groups excluding carboxylic acids is 1. The molecule has 1 saturated heterocycles. The average molecular weight is 230 g/mol. The molecular formula is C10H18N2O4. The number of likely N-dealkylation sites (tertiary alicyclic amines) is 1. The maximum atomic E-state index is 11.1. The highest BCUT2D eigenvalue weighted by molar-refractivity contribution is 5.71. The van der Waals surface area contributed by atoms with Gasteiger partial charge in [-0.15, -0.1) is 0 Å². The molecule has 1 aliphatic rings. The van der Waals surface area contributed by atoms with E-state index < -0.39 is 6.09 Å². The quantitative estimate of drug-likeness (QED) is 0.678. The van der Waals surface area contributed by atoms with E-state index in [1.165, 1.54) is 4.90 Å². The maximum absolute atomic E-state index is 11.1. The Morgan fingerprint density at radius 2 is 2.31 bits per heavy atom. The van der Waals surface area contributed by atoms with Gasteiger partial charge >= 0.3 is 12.1 Å². The predicted molar refractivity (Wildman–Crippen MR) is 57.3 cm³/mol. The van der Waals surface area contributed by atoms with Crippen molar-refractivity contribution >= 4 is 12.1 Å². The van der Waals surface area contributed by atoms with Crippen LogP contribution in [0.1, 0.15) is 19.8 Å². The summed E-state index contributed by atoms with van der Waals surface area (Å²) < 4.78 is 4.78. The van der Waals surface area contributed by atoms with Crippen molar-refractivity contribution in [2.24, 2.45) is 0 Å². The summed E-state index contributed by atoms with van der Waals surface area (Å²) in [6.07, 6.45) is 0.818. The van der Waals surface area contributed by atoms with Crippen LogP contribution in [-0.2, 0) is 9.53 Å². The first-order valence-electron chi connectivity index (χ1n) is 5.50. The molecule has 1 aliphatic heterocycles. The van der Waals surface area contributed by atoms with Crippen LogP contribution < -0.4 is 5.32 Å². The van der Waals surface area contributed by atoms with Crippen LogP contribution in [0.5, 0.6) is 0 Å². The number of hydrogen-bond donors (Lipinski definition) is 2. The zero-order valence-electron chi connectivity index (χ0n) is 9.44. The highest BCUT2D eigenvalue weighted by Crippen LogP contribution is 2.09. The number of rotatable bonds is 4. The number of nitrogens with zero attached hydrogens (tertiary/aromatic N) is 1. The van der Waals surface area contributed by atoms with Gasteiger partial charge in [0.2, 0.25) is 0 Å². The molecular weight excluding hydrogens is 212 g/mol. The van der Waals surface area contributed by atoms with Crippen molar-refractivity contribution < 1.29 is 19.4 Å². The fourth-order valence-corrected chi connectivity index (χ4v) is 1.76. The summed E-state index contributed by atoms with van der Waals surface area (Å²) in [6, 6.07) is 0.0502. The largest absolute Gasteiger partial charge is 0.465 e. The molecule has 1 atom stereocenters. The molecule has 6 nitrogen and oxygen atoms in total. The van der Waals surface area contributed by atoms with Crippen LogP contribution in [0.4, 0.5) is 4.79 Å². The molecule has 92 valence electrons. The standard InChI is InChI=1S/C10H18N2O4/c1-2-16-9(13)6-11-8-4-3-5-12(7-8)10(14)15/h8,11H,2-7H2,1H3,(H,14,15). The summed E-state index contributed by atoms with van der Waals surface area (Å²) >= 11 is 0. The fraction of sp³-hybridized carbons (Fsp3) is 0.800. The Bertz CT molecular complexity index is 257. The van der Waals surface area contributed by atoms with Gasteiger partial charge in [-0.2, -0.15) is 0 Å². The van der Waals surface area contributed by atoms with Crippen LogP contribution in [0.2, 0.25) is 0 Å². The highest BCUT2D eigenvalue weighted by atomic mass is 16.5. The van der Waals surface area contributed by atoms with E-state index in [4.69, 9.17) is 9.84 Å². The molecule has 1 unspecified atom stereocenters. The van der Waals surface area contributed by atoms with Crippen LogP contribution in [0.15, 0.2) is 0 Å². The maximum Gasteiger partial charge on any atom is 0.407 e. The highest BCUT2D eigenvalue weighted by Gasteiger charge is 2.23. The van der Waals surface area contributed by atoms with Crippen molar-refractivity contribution in [2.45, 2.75) is 25.8 Å². The zero-order chi connectivity index (χ0) is 12.0. The van der Waals surface area contributed by atoms with Gasteiger partial charge < -0.3 is 20.1 Å². The Balaban J connectivity index is 2.26. The van der Waals surface area contributed by atoms with Crippen LogP contribution >= 0.6 is 0 Å². The molecule has 0 aromatic rings. The van der Waals surface area contributed by atoms with Gasteiger partial charge in [-0.3, -0.25) is 4.79 Å². The topological polar surface area (TPSA) is 78.9 Å². The summed E-state index contributed by atoms with van der Waals surface area (Å²) in [4.78, 5) is 23.2. The minimum atomic E-state index is -0.900. The van der Waals surface area contributed by atoms with E-state index >= 15 is 0 Å². The lowest BCUT2D eigenvalue weighted by atomic mass is 10.1. The molecule has 6 heteroatoms. The first-order chi connectivity index (χ1) is 7.63. The van der Waals surface area contributed by atoms with Crippen LogP contribution in [0.25, 0.3) is 0 Å². The van der Waals surface area contributed by atoms with Crippen molar-refractivity contribution in [3.8, 4) is 0 Å². The lowest BCUT2D eigenvalue weighted by molar-refractivity contribution is -0.142. The smallest absolute Gasteiger partial charge is 0.407 e. The van der Waals surface area contributed by atoms with E-state index in [1.807, 2.05) is 0 Å². The number of carbonyl (C=O) groups is 2. The summed E-state index contributed by atoms with van der Waals surface area (Å²) in [5.74, 6) is -0.296. The van der Waals surface area contributed by atoms with Gasteiger partial charge in [0, 0.05) is 19.1 Å². The van der Waals surface area contributed by atoms with Gasteiger partial charge in [0.25, 0.3) is 0 Å². The number of carboxylic acid groups (broad SMARTS) is 1. The first-order valence-corrected chi connectivity index (χ1v) is 5.50. The van der Waals surface area contributed by atoms with Gasteiger partial charge in [0.1, 0.15) is 0 Å². The number of amides is 1. The summed E-state index contributed by atoms with van der Waals surface area (Å²) in [7, 11) is 0. The first kappa shape index (κ1) is 12.8. The molecule has 0 bridgehead atoms. The Kier molecular flexibility index (Phi) is 5.04. The van der Waals surface area contributed by atoms with Crippen molar-refractivity contribution in [1.29, 1.82) is 0 Å². The number of nitrogens with one attached hydrogen (secondary N) is 1. The second kappa shape index (κ2) is 6.32. The summed E-state index contributed by atoms with van der Waals surface area (Å²) in [5, 5.41) is 11.8. The van der Waals surface area contributed by atoms with Crippen molar-refractivity contribution in [1.82, 2.24) is 10.2 Å². The van der Waals surface area contributed by atoms with Crippen LogP contribution in [0.3, 0.4) is 0 Å². The van der Waals surface area contributed by atoms with E-state index in [0.717, 1.165) is 12.8 Å². The van der Waals surface area contributed by atoms with Crippen molar-refractivity contribution in [2.75, 3.05) is 26.2 Å². The van der Waals surface area contributed by atoms with Crippen molar-refractivity contribution in [3.63, 3.8) is 0 Å². The van der Waals surface area contributed by atoms with Gasteiger partial charge in [-0.25, -0.2) is 4.79 Å². The molecule has 0 aromatic heterocycles. The van der Waals surface area contributed by atoms with Crippen LogP contribution in [0, 0.1) is 0 Å². The number of esters is 1. The van der Waals surface area contributed by atoms with E-state index in [-0.39, 0.29) is 18.6 Å². The lowest BCUT2D eigenvalue weighted by Crippen LogP contribution is -2.48. The molecule has 16 heavy (non-hydrogen) atoms. The summed E-state index contributed by atoms with van der Waals surface area (Å²) in [5.41, 5.74) is 0. The predicted octanol–water partition coefficient (Wildman–Crippen LogP) is 0.281. The number of piperidine rings is 1. The normalized spacial score (nSPS) is 20.6. The second-order valence-electron chi connectivity index (χ2n) is 3.75. The molecule has 0 radical (unpaired) electrons. The van der Waals surface area contributed by atoms with E-state index in [1.54, 1.807) is 6.92 Å². The van der Waals surface area contributed by atoms with Gasteiger partial charge in [0.05, 0.1) is 13.2 Å². The monoisotopic (exact) mass is 230 g/mol. The molecule has 0 aliphatic carbocycles. The van der Waals surface area contributed by atoms with E-state index in [0.29, 0.717) is 19.7 Å². The van der Waals surface area contributed by atoms with Crippen LogP contribution in [-0.4, -0.2) is 54.4 Å². The Morgan fingerprint density at radius 3 is 2.94 bits per heavy atom. The van der Waals surface area contributed by atoms with Gasteiger partial charge in [-0.1, -0.05) is 0 Å². The molecule has 1 rings (SSSR count). The van der Waals surface area contributed by atoms with Gasteiger partial charge in [-0.05, 0) is 19.8 Å². The SMILES string of the molecule is CCOC(=O)CNC1CCCN(C(=O)O)C1. The second-order valence-corrected chi connectivity index (χ2v) is 3.75.